The highest BCUT2D eigenvalue weighted by Crippen LogP contribution is 2.22. The Hall–Kier alpha value is -1.59. The molecule has 1 rings (SSSR count). The van der Waals surface area contributed by atoms with Crippen LogP contribution in [0.1, 0.15) is 71.1 Å². The van der Waals surface area contributed by atoms with Crippen LogP contribution in [0.25, 0.3) is 0 Å². The number of hydrogen-bond donors (Lipinski definition) is 5. The number of carbonyl (C=O) groups excluding carboxylic acids is 1. The summed E-state index contributed by atoms with van der Waals surface area (Å²) in [6.45, 7) is 0.964. The lowest BCUT2D eigenvalue weighted by molar-refractivity contribution is -0.305. The summed E-state index contributed by atoms with van der Waals surface area (Å²) in [6, 6.07) is 0. The van der Waals surface area contributed by atoms with E-state index < -0.39 is 49.4 Å². The van der Waals surface area contributed by atoms with Gasteiger partial charge in [0.05, 0.1) is 13.2 Å². The molecular weight excluding hydrogens is 468 g/mol. The third-order valence-electron chi connectivity index (χ3n) is 5.77. The third-order valence-corrected chi connectivity index (χ3v) is 5.77. The van der Waals surface area contributed by atoms with Crippen molar-refractivity contribution in [2.45, 2.75) is 108 Å². The SMILES string of the molecule is CC/C=C\C/C=C\C/C=C\CCCCCCCC(=O)OC[C@@H](O)CO[C@@H]1O[C@@H](CO)[C@@H](O)[C@@H](O)[C@H]1O. The van der Waals surface area contributed by atoms with Crippen molar-refractivity contribution in [2.75, 3.05) is 19.8 Å². The molecule has 0 saturated carbocycles. The van der Waals surface area contributed by atoms with Crippen LogP contribution in [0, 0.1) is 0 Å². The number of aliphatic hydroxyl groups is 5. The van der Waals surface area contributed by atoms with E-state index in [1.54, 1.807) is 0 Å². The summed E-state index contributed by atoms with van der Waals surface area (Å²) in [4.78, 5) is 11.9. The third kappa shape index (κ3) is 14.2. The van der Waals surface area contributed by atoms with Crippen LogP contribution >= 0.6 is 0 Å². The van der Waals surface area contributed by atoms with Gasteiger partial charge < -0.3 is 39.7 Å². The van der Waals surface area contributed by atoms with Gasteiger partial charge in [-0.15, -0.1) is 0 Å². The fraction of sp³-hybridized carbons (Fsp3) is 0.741. The van der Waals surface area contributed by atoms with Gasteiger partial charge in [0.2, 0.25) is 0 Å². The van der Waals surface area contributed by atoms with Crippen LogP contribution < -0.4 is 0 Å². The second kappa shape index (κ2) is 20.5. The highest BCUT2D eigenvalue weighted by atomic mass is 16.7. The van der Waals surface area contributed by atoms with Gasteiger partial charge in [-0.2, -0.15) is 0 Å². The topological polar surface area (TPSA) is 146 Å². The van der Waals surface area contributed by atoms with E-state index in [2.05, 4.69) is 43.4 Å². The Morgan fingerprint density at radius 2 is 1.50 bits per heavy atom. The monoisotopic (exact) mass is 514 g/mol. The largest absolute Gasteiger partial charge is 0.463 e. The smallest absolute Gasteiger partial charge is 0.305 e. The minimum Gasteiger partial charge on any atom is -0.463 e. The van der Waals surface area contributed by atoms with Crippen molar-refractivity contribution in [1.29, 1.82) is 0 Å². The second-order valence-electron chi connectivity index (χ2n) is 8.97. The van der Waals surface area contributed by atoms with Crippen molar-refractivity contribution in [1.82, 2.24) is 0 Å². The van der Waals surface area contributed by atoms with Crippen molar-refractivity contribution in [3.05, 3.63) is 36.5 Å². The Morgan fingerprint density at radius 3 is 2.19 bits per heavy atom. The first-order valence-electron chi connectivity index (χ1n) is 13.1. The molecule has 0 aromatic rings. The maximum atomic E-state index is 11.9. The van der Waals surface area contributed by atoms with Crippen LogP contribution in [-0.2, 0) is 19.0 Å². The van der Waals surface area contributed by atoms with Gasteiger partial charge in [0, 0.05) is 6.42 Å². The fourth-order valence-electron chi connectivity index (χ4n) is 3.61. The molecule has 5 N–H and O–H groups in total. The molecule has 208 valence electrons. The Balaban J connectivity index is 2.02. The molecular formula is C27H46O9. The highest BCUT2D eigenvalue weighted by molar-refractivity contribution is 5.69. The lowest BCUT2D eigenvalue weighted by Gasteiger charge is -2.39. The molecule has 0 aromatic heterocycles. The summed E-state index contributed by atoms with van der Waals surface area (Å²) >= 11 is 0. The number of unbranched alkanes of at least 4 members (excludes halogenated alkanes) is 5. The van der Waals surface area contributed by atoms with E-state index in [4.69, 9.17) is 19.3 Å². The molecule has 0 unspecified atom stereocenters. The van der Waals surface area contributed by atoms with Gasteiger partial charge >= 0.3 is 5.97 Å². The van der Waals surface area contributed by atoms with E-state index >= 15 is 0 Å². The molecule has 0 amide bonds. The Morgan fingerprint density at radius 1 is 0.861 bits per heavy atom. The van der Waals surface area contributed by atoms with Crippen molar-refractivity contribution in [3.8, 4) is 0 Å². The lowest BCUT2D eigenvalue weighted by atomic mass is 9.99. The quantitative estimate of drug-likeness (QED) is 0.0995. The average molecular weight is 515 g/mol. The first kappa shape index (κ1) is 32.4. The number of esters is 1. The number of ether oxygens (including phenoxy) is 3. The summed E-state index contributed by atoms with van der Waals surface area (Å²) in [5.41, 5.74) is 0. The van der Waals surface area contributed by atoms with Crippen LogP contribution in [0.5, 0.6) is 0 Å². The van der Waals surface area contributed by atoms with Gasteiger partial charge in [0.1, 0.15) is 37.1 Å². The van der Waals surface area contributed by atoms with Gasteiger partial charge in [-0.05, 0) is 38.5 Å². The number of allylic oxidation sites excluding steroid dienone is 6. The Bertz CT molecular complexity index is 647. The predicted molar refractivity (Wildman–Crippen MR) is 136 cm³/mol. The molecule has 1 fully saturated rings. The van der Waals surface area contributed by atoms with Gasteiger partial charge in [0.15, 0.2) is 6.29 Å². The standard InChI is InChI=1S/C27H46O9/c1-2-3-4-5-6-7-8-9-10-11-12-13-14-15-16-17-23(30)34-19-21(29)20-35-27-26(33)25(32)24(31)22(18-28)36-27/h3-4,6-7,9-10,21-22,24-29,31-33H,2,5,8,11-20H2,1H3/b4-3-,7-6-,10-9-/t21-,22+,24-,25-,26-,27-/m1/s1. The molecule has 1 heterocycles. The van der Waals surface area contributed by atoms with E-state index in [1.165, 1.54) is 0 Å². The lowest BCUT2D eigenvalue weighted by Crippen LogP contribution is -2.59. The number of aliphatic hydroxyl groups excluding tert-OH is 5. The first-order chi connectivity index (χ1) is 17.4. The summed E-state index contributed by atoms with van der Waals surface area (Å²) in [6.07, 6.45) is 14.3. The van der Waals surface area contributed by atoms with E-state index in [0.717, 1.165) is 57.8 Å². The number of rotatable bonds is 19. The molecule has 1 saturated heterocycles. The Labute approximate surface area is 215 Å². The predicted octanol–water partition coefficient (Wildman–Crippen LogP) is 2.30. The van der Waals surface area contributed by atoms with Crippen LogP contribution in [0.2, 0.25) is 0 Å². The normalized spacial score (nSPS) is 25.8. The van der Waals surface area contributed by atoms with Gasteiger partial charge in [0.25, 0.3) is 0 Å². The number of hydrogen-bond acceptors (Lipinski definition) is 9. The van der Waals surface area contributed by atoms with E-state index in [0.29, 0.717) is 0 Å². The zero-order chi connectivity index (χ0) is 26.6. The van der Waals surface area contributed by atoms with Gasteiger partial charge in [-0.25, -0.2) is 0 Å². The zero-order valence-corrected chi connectivity index (χ0v) is 21.5. The van der Waals surface area contributed by atoms with E-state index in [-0.39, 0.29) is 19.6 Å². The molecule has 36 heavy (non-hydrogen) atoms. The summed E-state index contributed by atoms with van der Waals surface area (Å²) in [5.74, 6) is -0.400. The molecule has 9 nitrogen and oxygen atoms in total. The molecule has 6 atom stereocenters. The van der Waals surface area contributed by atoms with Crippen LogP contribution in [0.15, 0.2) is 36.5 Å². The molecule has 0 spiro atoms. The highest BCUT2D eigenvalue weighted by Gasteiger charge is 2.44. The van der Waals surface area contributed by atoms with Crippen LogP contribution in [0.4, 0.5) is 0 Å². The fourth-order valence-corrected chi connectivity index (χ4v) is 3.61. The molecule has 0 radical (unpaired) electrons. The van der Waals surface area contributed by atoms with Crippen molar-refractivity contribution >= 4 is 5.97 Å². The molecule has 0 aromatic carbocycles. The molecule has 0 bridgehead atoms. The van der Waals surface area contributed by atoms with Crippen LogP contribution in [-0.4, -0.2) is 88.1 Å². The molecule has 1 aliphatic rings. The molecule has 0 aliphatic carbocycles. The van der Waals surface area contributed by atoms with Gasteiger partial charge in [-0.3, -0.25) is 4.79 Å². The Kier molecular flexibility index (Phi) is 18.4. The zero-order valence-electron chi connectivity index (χ0n) is 21.5. The van der Waals surface area contributed by atoms with Crippen molar-refractivity contribution in [3.63, 3.8) is 0 Å². The number of carbonyl (C=O) groups is 1. The second-order valence-corrected chi connectivity index (χ2v) is 8.97. The summed E-state index contributed by atoms with van der Waals surface area (Å²) in [5, 5.41) is 48.5. The van der Waals surface area contributed by atoms with Gasteiger partial charge in [-0.1, -0.05) is 62.6 Å². The summed E-state index contributed by atoms with van der Waals surface area (Å²) in [7, 11) is 0. The maximum Gasteiger partial charge on any atom is 0.305 e. The average Bonchev–Trinajstić information content (AvgIpc) is 2.88. The van der Waals surface area contributed by atoms with E-state index in [1.807, 2.05) is 0 Å². The minimum absolute atomic E-state index is 0.271. The first-order valence-corrected chi connectivity index (χ1v) is 13.1. The molecule has 9 heteroatoms. The summed E-state index contributed by atoms with van der Waals surface area (Å²) < 4.78 is 15.5. The maximum absolute atomic E-state index is 11.9. The van der Waals surface area contributed by atoms with Crippen LogP contribution in [0.3, 0.4) is 0 Å². The van der Waals surface area contributed by atoms with E-state index in [9.17, 15) is 25.2 Å². The molecule has 1 aliphatic heterocycles. The minimum atomic E-state index is -1.56. The van der Waals surface area contributed by atoms with Crippen molar-refractivity contribution < 1.29 is 44.5 Å². The van der Waals surface area contributed by atoms with Crippen molar-refractivity contribution in [2.24, 2.45) is 0 Å².